The van der Waals surface area contributed by atoms with E-state index in [4.69, 9.17) is 0 Å². The van der Waals surface area contributed by atoms with E-state index in [9.17, 15) is 19.5 Å². The zero-order valence-corrected chi connectivity index (χ0v) is 10.4. The zero-order valence-electron chi connectivity index (χ0n) is 10.4. The Morgan fingerprint density at radius 2 is 1.95 bits per heavy atom. The second kappa shape index (κ2) is 4.48. The minimum absolute atomic E-state index is 0.0340. The Bertz CT molecular complexity index is 439. The summed E-state index contributed by atoms with van der Waals surface area (Å²) in [5, 5.41) is 17.5. The number of amides is 3. The second-order valence-electron chi connectivity index (χ2n) is 5.55. The predicted octanol–water partition coefficient (Wildman–Crippen LogP) is -0.369. The summed E-state index contributed by atoms with van der Waals surface area (Å²) >= 11 is 0. The van der Waals surface area contributed by atoms with E-state index in [1.54, 1.807) is 0 Å². The van der Waals surface area contributed by atoms with Crippen LogP contribution in [-0.2, 0) is 9.59 Å². The monoisotopic (exact) mass is 267 g/mol. The Labute approximate surface area is 110 Å². The standard InChI is InChI=1S/C12H17N3O4/c16-10-8-7(11(17)18)5-3-1-2-4-6(5)13-9(8)14-12(19)15-10/h5-9,13H,1-4H2,(H,17,18)(H2,14,15,16,19). The van der Waals surface area contributed by atoms with Gasteiger partial charge in [0.1, 0.15) is 0 Å². The average Bonchev–Trinajstić information content (AvgIpc) is 2.35. The number of hydrogen-bond donors (Lipinski definition) is 4. The molecule has 7 nitrogen and oxygen atoms in total. The average molecular weight is 267 g/mol. The molecule has 19 heavy (non-hydrogen) atoms. The van der Waals surface area contributed by atoms with E-state index in [1.807, 2.05) is 0 Å². The van der Waals surface area contributed by atoms with Gasteiger partial charge in [-0.2, -0.15) is 0 Å². The topological polar surface area (TPSA) is 108 Å². The molecule has 2 aliphatic heterocycles. The van der Waals surface area contributed by atoms with Gasteiger partial charge in [-0.05, 0) is 18.8 Å². The molecule has 0 aromatic rings. The van der Waals surface area contributed by atoms with Crippen LogP contribution in [-0.4, -0.2) is 35.2 Å². The highest BCUT2D eigenvalue weighted by atomic mass is 16.4. The van der Waals surface area contributed by atoms with Gasteiger partial charge in [-0.1, -0.05) is 12.8 Å². The van der Waals surface area contributed by atoms with Gasteiger partial charge in [-0.15, -0.1) is 0 Å². The van der Waals surface area contributed by atoms with Gasteiger partial charge in [0.25, 0.3) is 0 Å². The highest BCUT2D eigenvalue weighted by molar-refractivity contribution is 6.00. The number of hydrogen-bond acceptors (Lipinski definition) is 4. The highest BCUT2D eigenvalue weighted by Gasteiger charge is 2.53. The van der Waals surface area contributed by atoms with E-state index in [2.05, 4.69) is 16.0 Å². The van der Waals surface area contributed by atoms with E-state index in [0.717, 1.165) is 25.7 Å². The van der Waals surface area contributed by atoms with Gasteiger partial charge < -0.3 is 10.4 Å². The van der Waals surface area contributed by atoms with Gasteiger partial charge in [-0.3, -0.25) is 20.2 Å². The third-order valence-electron chi connectivity index (χ3n) is 4.53. The summed E-state index contributed by atoms with van der Waals surface area (Å²) in [5.74, 6) is -2.92. The van der Waals surface area contributed by atoms with Crippen LogP contribution < -0.4 is 16.0 Å². The van der Waals surface area contributed by atoms with Crippen molar-refractivity contribution >= 4 is 17.9 Å². The molecule has 0 spiro atoms. The van der Waals surface area contributed by atoms with Crippen molar-refractivity contribution in [3.05, 3.63) is 0 Å². The Morgan fingerprint density at radius 1 is 1.21 bits per heavy atom. The molecule has 4 N–H and O–H groups in total. The molecule has 104 valence electrons. The van der Waals surface area contributed by atoms with Crippen LogP contribution >= 0.6 is 0 Å². The second-order valence-corrected chi connectivity index (χ2v) is 5.55. The summed E-state index contributed by atoms with van der Waals surface area (Å²) in [7, 11) is 0. The van der Waals surface area contributed by atoms with Crippen molar-refractivity contribution in [3.8, 4) is 0 Å². The molecule has 0 radical (unpaired) electrons. The van der Waals surface area contributed by atoms with Crippen molar-refractivity contribution in [1.29, 1.82) is 0 Å². The summed E-state index contributed by atoms with van der Waals surface area (Å²) < 4.78 is 0. The number of nitrogens with one attached hydrogen (secondary N) is 3. The van der Waals surface area contributed by atoms with Gasteiger partial charge in [-0.25, -0.2) is 4.79 Å². The number of urea groups is 1. The number of aliphatic carboxylic acids is 1. The molecule has 2 saturated heterocycles. The van der Waals surface area contributed by atoms with Crippen LogP contribution in [0.3, 0.4) is 0 Å². The maximum atomic E-state index is 12.0. The first-order valence-corrected chi connectivity index (χ1v) is 6.68. The number of rotatable bonds is 1. The molecule has 3 aliphatic rings. The number of fused-ring (bicyclic) bond motifs is 2. The van der Waals surface area contributed by atoms with Crippen molar-refractivity contribution < 1.29 is 19.5 Å². The van der Waals surface area contributed by atoms with Gasteiger partial charge in [0.2, 0.25) is 5.91 Å². The Morgan fingerprint density at radius 3 is 2.68 bits per heavy atom. The molecule has 1 saturated carbocycles. The molecular weight excluding hydrogens is 250 g/mol. The Hall–Kier alpha value is -1.63. The number of carboxylic acid groups (broad SMARTS) is 1. The Balaban J connectivity index is 1.93. The molecule has 3 amide bonds. The lowest BCUT2D eigenvalue weighted by Crippen LogP contribution is -2.72. The van der Waals surface area contributed by atoms with Crippen LogP contribution in [0.4, 0.5) is 4.79 Å². The van der Waals surface area contributed by atoms with Crippen LogP contribution in [0.15, 0.2) is 0 Å². The predicted molar refractivity (Wildman–Crippen MR) is 64.0 cm³/mol. The first-order chi connectivity index (χ1) is 9.08. The van der Waals surface area contributed by atoms with Gasteiger partial charge >= 0.3 is 12.0 Å². The maximum absolute atomic E-state index is 12.0. The lowest BCUT2D eigenvalue weighted by molar-refractivity contribution is -0.156. The fraction of sp³-hybridized carbons (Fsp3) is 0.750. The van der Waals surface area contributed by atoms with Crippen LogP contribution in [0.1, 0.15) is 25.7 Å². The number of carbonyl (C=O) groups excluding carboxylic acids is 2. The molecule has 3 fully saturated rings. The Kier molecular flexibility index (Phi) is 2.93. The van der Waals surface area contributed by atoms with Crippen molar-refractivity contribution in [2.75, 3.05) is 0 Å². The quantitative estimate of drug-likeness (QED) is 0.518. The fourth-order valence-corrected chi connectivity index (χ4v) is 3.76. The molecule has 3 rings (SSSR count). The lowest BCUT2D eigenvalue weighted by Gasteiger charge is -2.49. The summed E-state index contributed by atoms with van der Waals surface area (Å²) in [6, 6.07) is -0.487. The van der Waals surface area contributed by atoms with Crippen molar-refractivity contribution in [1.82, 2.24) is 16.0 Å². The van der Waals surface area contributed by atoms with E-state index >= 15 is 0 Å². The summed E-state index contributed by atoms with van der Waals surface area (Å²) in [6.07, 6.45) is 3.20. The zero-order chi connectivity index (χ0) is 13.6. The normalized spacial score (nSPS) is 41.6. The number of imide groups is 1. The first-order valence-electron chi connectivity index (χ1n) is 6.68. The van der Waals surface area contributed by atoms with Crippen LogP contribution in [0, 0.1) is 17.8 Å². The number of carbonyl (C=O) groups is 3. The highest BCUT2D eigenvalue weighted by Crippen LogP contribution is 2.40. The minimum Gasteiger partial charge on any atom is -0.481 e. The SMILES string of the molecule is O=C1NC(=O)C2C(N1)NC1CCCCC1C2C(=O)O. The molecule has 1 aliphatic carbocycles. The molecule has 0 aromatic carbocycles. The van der Waals surface area contributed by atoms with E-state index < -0.39 is 35.9 Å². The number of piperidine rings is 1. The summed E-state index contributed by atoms with van der Waals surface area (Å²) in [6.45, 7) is 0. The van der Waals surface area contributed by atoms with Gasteiger partial charge in [0.05, 0.1) is 18.0 Å². The van der Waals surface area contributed by atoms with Crippen molar-refractivity contribution in [3.63, 3.8) is 0 Å². The van der Waals surface area contributed by atoms with Crippen LogP contribution in [0.5, 0.6) is 0 Å². The van der Waals surface area contributed by atoms with Crippen LogP contribution in [0.2, 0.25) is 0 Å². The smallest absolute Gasteiger partial charge is 0.322 e. The van der Waals surface area contributed by atoms with Gasteiger partial charge in [0.15, 0.2) is 0 Å². The lowest BCUT2D eigenvalue weighted by atomic mass is 9.67. The molecule has 0 aromatic heterocycles. The van der Waals surface area contributed by atoms with E-state index in [0.29, 0.717) is 0 Å². The largest absolute Gasteiger partial charge is 0.481 e. The maximum Gasteiger partial charge on any atom is 0.322 e. The molecule has 2 heterocycles. The van der Waals surface area contributed by atoms with E-state index in [1.165, 1.54) is 0 Å². The molecule has 7 heteroatoms. The molecular formula is C12H17N3O4. The van der Waals surface area contributed by atoms with Crippen LogP contribution in [0.25, 0.3) is 0 Å². The molecule has 5 unspecified atom stereocenters. The first kappa shape index (κ1) is 12.4. The third-order valence-corrected chi connectivity index (χ3v) is 4.53. The van der Waals surface area contributed by atoms with Crippen molar-refractivity contribution in [2.45, 2.75) is 37.9 Å². The fourth-order valence-electron chi connectivity index (χ4n) is 3.76. The summed E-state index contributed by atoms with van der Waals surface area (Å²) in [4.78, 5) is 34.9. The van der Waals surface area contributed by atoms with Gasteiger partial charge in [0, 0.05) is 6.04 Å². The van der Waals surface area contributed by atoms with Crippen molar-refractivity contribution in [2.24, 2.45) is 17.8 Å². The third kappa shape index (κ3) is 1.98. The molecule has 5 atom stereocenters. The summed E-state index contributed by atoms with van der Waals surface area (Å²) in [5.41, 5.74) is 0. The number of carboxylic acids is 1. The minimum atomic E-state index is -0.945. The molecule has 0 bridgehead atoms. The van der Waals surface area contributed by atoms with E-state index in [-0.39, 0.29) is 12.0 Å².